The van der Waals surface area contributed by atoms with Crippen LogP contribution >= 0.6 is 23.2 Å². The first-order valence-electron chi connectivity index (χ1n) is 8.38. The van der Waals surface area contributed by atoms with Crippen LogP contribution in [0.2, 0.25) is 10.0 Å². The minimum absolute atomic E-state index is 0.0902. The number of piperazine rings is 1. The number of rotatable bonds is 2. The molecule has 0 aliphatic carbocycles. The van der Waals surface area contributed by atoms with Gasteiger partial charge < -0.3 is 25.7 Å². The van der Waals surface area contributed by atoms with Gasteiger partial charge in [-0.1, -0.05) is 23.2 Å². The summed E-state index contributed by atoms with van der Waals surface area (Å²) >= 11 is 12.1. The molecule has 2 aromatic carbocycles. The predicted octanol–water partition coefficient (Wildman–Crippen LogP) is 3.36. The van der Waals surface area contributed by atoms with E-state index in [1.54, 1.807) is 0 Å². The Bertz CT molecular complexity index is 865. The second-order valence-electron chi connectivity index (χ2n) is 6.20. The summed E-state index contributed by atoms with van der Waals surface area (Å²) in [5.41, 5.74) is 5.46. The molecule has 0 atom stereocenters. The number of urea groups is 2. The normalized spacial score (nSPS) is 14.1. The number of amides is 4. The van der Waals surface area contributed by atoms with Gasteiger partial charge in [0.05, 0.1) is 11.4 Å². The lowest BCUT2D eigenvalue weighted by Gasteiger charge is -2.37. The van der Waals surface area contributed by atoms with Crippen molar-refractivity contribution in [3.05, 3.63) is 46.4 Å². The Kier molecular flexibility index (Phi) is 5.71. The summed E-state index contributed by atoms with van der Waals surface area (Å²) < 4.78 is 0. The smallest absolute Gasteiger partial charge is 0.329 e. The molecule has 0 saturated carbocycles. The maximum Gasteiger partial charge on any atom is 0.329 e. The summed E-state index contributed by atoms with van der Waals surface area (Å²) in [6.45, 7) is 1.03. The Labute approximate surface area is 171 Å². The van der Waals surface area contributed by atoms with Crippen LogP contribution in [0.3, 0.4) is 0 Å². The average molecular weight is 425 g/mol. The van der Waals surface area contributed by atoms with Gasteiger partial charge in [-0.25, -0.2) is 9.59 Å². The number of hydrogen-bond acceptors (Lipinski definition) is 4. The number of anilines is 2. The van der Waals surface area contributed by atoms with Gasteiger partial charge in [-0.05, 0) is 36.4 Å². The number of phenolic OH excluding ortho intramolecular Hbond substituents is 2. The molecule has 0 spiro atoms. The summed E-state index contributed by atoms with van der Waals surface area (Å²) in [5.74, 6) is -0.402. The van der Waals surface area contributed by atoms with Crippen LogP contribution < -0.4 is 10.6 Å². The zero-order valence-corrected chi connectivity index (χ0v) is 16.2. The molecule has 1 saturated heterocycles. The number of nitrogens with two attached hydrogens (primary N) is 1. The average Bonchev–Trinajstić information content (AvgIpc) is 2.67. The van der Waals surface area contributed by atoms with Crippen LogP contribution in [-0.2, 0) is 0 Å². The highest BCUT2D eigenvalue weighted by atomic mass is 35.5. The van der Waals surface area contributed by atoms with Crippen molar-refractivity contribution in [1.82, 2.24) is 9.80 Å². The van der Waals surface area contributed by atoms with E-state index in [1.807, 2.05) is 0 Å². The van der Waals surface area contributed by atoms with Crippen molar-refractivity contribution >= 4 is 46.6 Å². The van der Waals surface area contributed by atoms with E-state index >= 15 is 0 Å². The third-order valence-corrected chi connectivity index (χ3v) is 4.88. The Morgan fingerprint density at radius 3 is 1.71 bits per heavy atom. The molecule has 2 aromatic rings. The monoisotopic (exact) mass is 424 g/mol. The van der Waals surface area contributed by atoms with Gasteiger partial charge in [0.15, 0.2) is 0 Å². The van der Waals surface area contributed by atoms with E-state index in [0.717, 1.165) is 4.90 Å². The first-order valence-corrected chi connectivity index (χ1v) is 9.14. The van der Waals surface area contributed by atoms with Crippen molar-refractivity contribution in [3.63, 3.8) is 0 Å². The first-order chi connectivity index (χ1) is 13.3. The van der Waals surface area contributed by atoms with Gasteiger partial charge in [0.25, 0.3) is 0 Å². The number of benzene rings is 2. The van der Waals surface area contributed by atoms with Gasteiger partial charge in [0, 0.05) is 36.2 Å². The van der Waals surface area contributed by atoms with Crippen LogP contribution in [0, 0.1) is 0 Å². The fraction of sp³-hybridized carbons (Fsp3) is 0.222. The van der Waals surface area contributed by atoms with Crippen LogP contribution in [0.15, 0.2) is 36.4 Å². The van der Waals surface area contributed by atoms with Gasteiger partial charge in [-0.3, -0.25) is 4.90 Å². The van der Waals surface area contributed by atoms with Crippen molar-refractivity contribution in [1.29, 1.82) is 0 Å². The number of carbonyl (C=O) groups excluding carboxylic acids is 2. The summed E-state index contributed by atoms with van der Waals surface area (Å²) in [5, 5.41) is 21.3. The van der Waals surface area contributed by atoms with E-state index in [0.29, 0.717) is 10.0 Å². The number of nitrogens with zero attached hydrogens (tertiary/aromatic N) is 3. The number of halogens is 2. The summed E-state index contributed by atoms with van der Waals surface area (Å²) in [4.78, 5) is 28.7. The van der Waals surface area contributed by atoms with Crippen LogP contribution in [0.25, 0.3) is 0 Å². The van der Waals surface area contributed by atoms with Gasteiger partial charge in [0.1, 0.15) is 11.5 Å². The highest BCUT2D eigenvalue weighted by Gasteiger charge is 2.31. The zero-order chi connectivity index (χ0) is 20.4. The third-order valence-electron chi connectivity index (χ3n) is 4.41. The molecule has 4 N–H and O–H groups in total. The molecule has 0 unspecified atom stereocenters. The SMILES string of the molecule is NC(=O)N1CCN(C(=O)N(c2cc(Cl)ccc2O)c2cc(Cl)ccc2O)CC1. The zero-order valence-electron chi connectivity index (χ0n) is 14.7. The van der Waals surface area contributed by atoms with Gasteiger partial charge in [-0.15, -0.1) is 0 Å². The molecule has 0 radical (unpaired) electrons. The molecule has 0 aromatic heterocycles. The minimum atomic E-state index is -0.552. The molecule has 148 valence electrons. The molecular formula is C18H18Cl2N4O4. The Morgan fingerprint density at radius 1 is 0.857 bits per heavy atom. The van der Waals surface area contributed by atoms with Crippen LogP contribution in [0.1, 0.15) is 0 Å². The van der Waals surface area contributed by atoms with E-state index in [-0.39, 0.29) is 49.1 Å². The largest absolute Gasteiger partial charge is 0.506 e. The van der Waals surface area contributed by atoms with Gasteiger partial charge in [-0.2, -0.15) is 0 Å². The molecule has 0 bridgehead atoms. The van der Waals surface area contributed by atoms with Crippen molar-refractivity contribution in [3.8, 4) is 11.5 Å². The lowest BCUT2D eigenvalue weighted by Crippen LogP contribution is -2.54. The second kappa shape index (κ2) is 8.04. The van der Waals surface area contributed by atoms with Crippen LogP contribution in [0.5, 0.6) is 11.5 Å². The molecular weight excluding hydrogens is 407 g/mol. The summed E-state index contributed by atoms with van der Waals surface area (Å²) in [7, 11) is 0. The number of primary amides is 1. The molecule has 1 aliphatic heterocycles. The van der Waals surface area contributed by atoms with Gasteiger partial charge >= 0.3 is 12.1 Å². The molecule has 1 aliphatic rings. The van der Waals surface area contributed by atoms with Crippen molar-refractivity contribution in [2.45, 2.75) is 0 Å². The van der Waals surface area contributed by atoms with Crippen molar-refractivity contribution in [2.75, 3.05) is 31.1 Å². The van der Waals surface area contributed by atoms with E-state index < -0.39 is 12.1 Å². The third kappa shape index (κ3) is 4.02. The van der Waals surface area contributed by atoms with E-state index in [9.17, 15) is 19.8 Å². The van der Waals surface area contributed by atoms with E-state index in [4.69, 9.17) is 28.9 Å². The number of phenols is 2. The number of carbonyl (C=O) groups is 2. The molecule has 28 heavy (non-hydrogen) atoms. The molecule has 10 heteroatoms. The predicted molar refractivity (Wildman–Crippen MR) is 106 cm³/mol. The topological polar surface area (TPSA) is 110 Å². The first kappa shape index (κ1) is 19.9. The van der Waals surface area contributed by atoms with Crippen LogP contribution in [-0.4, -0.2) is 58.3 Å². The lowest BCUT2D eigenvalue weighted by atomic mass is 10.2. The number of aromatic hydroxyl groups is 2. The Morgan fingerprint density at radius 2 is 1.29 bits per heavy atom. The van der Waals surface area contributed by atoms with Crippen molar-refractivity contribution < 1.29 is 19.8 Å². The number of hydrogen-bond donors (Lipinski definition) is 3. The Hall–Kier alpha value is -2.84. The van der Waals surface area contributed by atoms with E-state index in [2.05, 4.69) is 0 Å². The highest BCUT2D eigenvalue weighted by molar-refractivity contribution is 6.31. The second-order valence-corrected chi connectivity index (χ2v) is 7.07. The highest BCUT2D eigenvalue weighted by Crippen LogP contribution is 2.41. The maximum atomic E-state index is 13.3. The molecule has 8 nitrogen and oxygen atoms in total. The molecule has 4 amide bonds. The molecule has 1 heterocycles. The van der Waals surface area contributed by atoms with Crippen molar-refractivity contribution in [2.24, 2.45) is 5.73 Å². The maximum absolute atomic E-state index is 13.3. The minimum Gasteiger partial charge on any atom is -0.506 e. The quantitative estimate of drug-likeness (QED) is 0.685. The van der Waals surface area contributed by atoms with E-state index in [1.165, 1.54) is 46.2 Å². The Balaban J connectivity index is 2.02. The molecule has 3 rings (SSSR count). The summed E-state index contributed by atoms with van der Waals surface area (Å²) in [6, 6.07) is 7.42. The standard InChI is InChI=1S/C18H18Cl2N4O4/c19-11-1-3-15(25)13(9-11)24(14-10-12(20)2-4-16(14)26)18(28)23-7-5-22(6-8-23)17(21)27/h1-4,9-10,25-26H,5-8H2,(H2,21,27). The lowest BCUT2D eigenvalue weighted by molar-refractivity contribution is 0.152. The summed E-state index contributed by atoms with van der Waals surface area (Å²) in [6.07, 6.45) is 0. The van der Waals surface area contributed by atoms with Gasteiger partial charge in [0.2, 0.25) is 0 Å². The molecule has 1 fully saturated rings. The van der Waals surface area contributed by atoms with Crippen LogP contribution in [0.4, 0.5) is 21.0 Å². The fourth-order valence-electron chi connectivity index (χ4n) is 2.95. The fourth-order valence-corrected chi connectivity index (χ4v) is 3.28.